The Morgan fingerprint density at radius 2 is 1.82 bits per heavy atom. The van der Waals surface area contributed by atoms with Crippen LogP contribution in [0.3, 0.4) is 0 Å². The second-order valence-corrected chi connectivity index (χ2v) is 2.15. The zero-order valence-corrected chi connectivity index (χ0v) is 5.84. The molecule has 58 valence electrons. The van der Waals surface area contributed by atoms with Crippen LogP contribution in [-0.2, 0) is 7.05 Å². The molecule has 0 spiro atoms. The Morgan fingerprint density at radius 1 is 1.36 bits per heavy atom. The molecule has 0 N–H and O–H groups in total. The summed E-state index contributed by atoms with van der Waals surface area (Å²) in [6, 6.07) is 0. The standard InChI is InChI=1S/C7H6F2NO/c1-10-2-6(8)5(4-11)7(9)3-10/h2-4H,1H3/q+1. The average Bonchev–Trinajstić information content (AvgIpc) is 1.85. The van der Waals surface area contributed by atoms with Crippen molar-refractivity contribution in [3.8, 4) is 0 Å². The van der Waals surface area contributed by atoms with Gasteiger partial charge in [0, 0.05) is 0 Å². The molecule has 0 amide bonds. The van der Waals surface area contributed by atoms with Gasteiger partial charge in [-0.15, -0.1) is 0 Å². The predicted molar refractivity (Wildman–Crippen MR) is 32.9 cm³/mol. The van der Waals surface area contributed by atoms with Crippen LogP contribution in [0.4, 0.5) is 8.78 Å². The maximum Gasteiger partial charge on any atom is 0.205 e. The molecule has 1 aromatic rings. The lowest BCUT2D eigenvalue weighted by Crippen LogP contribution is -2.29. The largest absolute Gasteiger partial charge is 0.298 e. The van der Waals surface area contributed by atoms with Gasteiger partial charge < -0.3 is 0 Å². The Kier molecular flexibility index (Phi) is 1.94. The van der Waals surface area contributed by atoms with Crippen LogP contribution in [0, 0.1) is 11.6 Å². The maximum absolute atomic E-state index is 12.6. The topological polar surface area (TPSA) is 20.9 Å². The van der Waals surface area contributed by atoms with Crippen LogP contribution in [0.2, 0.25) is 0 Å². The predicted octanol–water partition coefficient (Wildman–Crippen LogP) is 0.602. The Labute approximate surface area is 62.1 Å². The van der Waals surface area contributed by atoms with E-state index in [1.165, 1.54) is 11.6 Å². The van der Waals surface area contributed by atoms with E-state index in [2.05, 4.69) is 0 Å². The van der Waals surface area contributed by atoms with Gasteiger partial charge in [0.1, 0.15) is 7.05 Å². The average molecular weight is 158 g/mol. The normalized spacial score (nSPS) is 9.73. The summed E-state index contributed by atoms with van der Waals surface area (Å²) < 4.78 is 26.4. The lowest BCUT2D eigenvalue weighted by molar-refractivity contribution is -0.674. The molecule has 0 aliphatic rings. The van der Waals surface area contributed by atoms with Gasteiger partial charge >= 0.3 is 0 Å². The molecule has 0 fully saturated rings. The van der Waals surface area contributed by atoms with Gasteiger partial charge in [0.05, 0.1) is 5.56 Å². The van der Waals surface area contributed by atoms with E-state index < -0.39 is 17.2 Å². The fraction of sp³-hybridized carbons (Fsp3) is 0.143. The SMILES string of the molecule is C[n+]1cc(F)c(C=O)c(F)c1. The molecule has 0 bridgehead atoms. The third kappa shape index (κ3) is 1.39. The van der Waals surface area contributed by atoms with Gasteiger partial charge in [0.15, 0.2) is 17.9 Å². The minimum absolute atomic E-state index is 0.157. The fourth-order valence-electron chi connectivity index (χ4n) is 0.761. The molecule has 0 saturated carbocycles. The molecule has 0 aliphatic heterocycles. The number of pyridine rings is 1. The van der Waals surface area contributed by atoms with Crippen molar-refractivity contribution in [2.24, 2.45) is 7.05 Å². The molecule has 0 radical (unpaired) electrons. The molecule has 1 rings (SSSR count). The molecule has 0 saturated heterocycles. The number of hydrogen-bond acceptors (Lipinski definition) is 1. The van der Waals surface area contributed by atoms with Gasteiger partial charge in [-0.05, 0) is 0 Å². The highest BCUT2D eigenvalue weighted by atomic mass is 19.1. The first-order valence-electron chi connectivity index (χ1n) is 2.94. The first-order chi connectivity index (χ1) is 5.15. The number of carbonyl (C=O) groups is 1. The van der Waals surface area contributed by atoms with Crippen LogP contribution in [0.15, 0.2) is 12.4 Å². The molecule has 4 heteroatoms. The van der Waals surface area contributed by atoms with Crippen molar-refractivity contribution in [2.45, 2.75) is 0 Å². The fourth-order valence-corrected chi connectivity index (χ4v) is 0.761. The van der Waals surface area contributed by atoms with Crippen LogP contribution >= 0.6 is 0 Å². The third-order valence-electron chi connectivity index (χ3n) is 1.27. The van der Waals surface area contributed by atoms with Crippen LogP contribution in [0.1, 0.15) is 10.4 Å². The molecule has 0 aliphatic carbocycles. The molecular weight excluding hydrogens is 152 g/mol. The Balaban J connectivity index is 3.36. The highest BCUT2D eigenvalue weighted by Crippen LogP contribution is 2.04. The summed E-state index contributed by atoms with van der Waals surface area (Å²) in [6.07, 6.45) is 2.23. The van der Waals surface area contributed by atoms with E-state index in [-0.39, 0.29) is 6.29 Å². The van der Waals surface area contributed by atoms with Crippen LogP contribution < -0.4 is 4.57 Å². The van der Waals surface area contributed by atoms with Crippen LogP contribution in [0.5, 0.6) is 0 Å². The van der Waals surface area contributed by atoms with Crippen molar-refractivity contribution in [1.29, 1.82) is 0 Å². The monoisotopic (exact) mass is 158 g/mol. The molecule has 0 unspecified atom stereocenters. The van der Waals surface area contributed by atoms with Gasteiger partial charge in [-0.2, -0.15) is 8.78 Å². The Hall–Kier alpha value is -1.32. The van der Waals surface area contributed by atoms with E-state index >= 15 is 0 Å². The van der Waals surface area contributed by atoms with Gasteiger partial charge in [0.25, 0.3) is 0 Å². The lowest BCUT2D eigenvalue weighted by atomic mass is 10.3. The van der Waals surface area contributed by atoms with E-state index in [1.54, 1.807) is 0 Å². The van der Waals surface area contributed by atoms with Crippen LogP contribution in [0.25, 0.3) is 0 Å². The maximum atomic E-state index is 12.6. The molecule has 0 atom stereocenters. The number of halogens is 2. The smallest absolute Gasteiger partial charge is 0.205 e. The highest BCUT2D eigenvalue weighted by Gasteiger charge is 2.12. The van der Waals surface area contributed by atoms with E-state index in [0.29, 0.717) is 0 Å². The number of aryl methyl sites for hydroxylation is 1. The summed E-state index contributed by atoms with van der Waals surface area (Å²) in [4.78, 5) is 10.1. The van der Waals surface area contributed by atoms with E-state index in [9.17, 15) is 13.6 Å². The summed E-state index contributed by atoms with van der Waals surface area (Å²) in [5, 5.41) is 0. The summed E-state index contributed by atoms with van der Waals surface area (Å²) in [5.74, 6) is -1.69. The van der Waals surface area contributed by atoms with Gasteiger partial charge in [-0.25, -0.2) is 4.57 Å². The number of aromatic nitrogens is 1. The van der Waals surface area contributed by atoms with E-state index in [4.69, 9.17) is 0 Å². The molecule has 2 nitrogen and oxygen atoms in total. The molecule has 1 aromatic heterocycles. The highest BCUT2D eigenvalue weighted by molar-refractivity contribution is 5.74. The Morgan fingerprint density at radius 3 is 2.18 bits per heavy atom. The zero-order valence-electron chi connectivity index (χ0n) is 5.84. The number of carbonyl (C=O) groups excluding carboxylic acids is 1. The van der Waals surface area contributed by atoms with Gasteiger partial charge in [0.2, 0.25) is 12.4 Å². The van der Waals surface area contributed by atoms with Crippen molar-refractivity contribution >= 4 is 6.29 Å². The Bertz CT molecular complexity index is 275. The number of nitrogens with zero attached hydrogens (tertiary/aromatic N) is 1. The number of aldehydes is 1. The number of rotatable bonds is 1. The lowest BCUT2D eigenvalue weighted by Gasteiger charge is -1.92. The van der Waals surface area contributed by atoms with Gasteiger partial charge in [-0.1, -0.05) is 0 Å². The summed E-state index contributed by atoms with van der Waals surface area (Å²) in [7, 11) is 1.47. The molecule has 0 aromatic carbocycles. The van der Waals surface area contributed by atoms with Crippen molar-refractivity contribution in [2.75, 3.05) is 0 Å². The van der Waals surface area contributed by atoms with Crippen LogP contribution in [-0.4, -0.2) is 6.29 Å². The molecule has 1 heterocycles. The van der Waals surface area contributed by atoms with E-state index in [0.717, 1.165) is 12.4 Å². The summed E-state index contributed by atoms with van der Waals surface area (Å²) >= 11 is 0. The first-order valence-corrected chi connectivity index (χ1v) is 2.94. The second-order valence-electron chi connectivity index (χ2n) is 2.15. The van der Waals surface area contributed by atoms with Crippen molar-refractivity contribution in [3.63, 3.8) is 0 Å². The molecular formula is C7H6F2NO+. The zero-order chi connectivity index (χ0) is 8.43. The summed E-state index contributed by atoms with van der Waals surface area (Å²) in [6.45, 7) is 0. The minimum Gasteiger partial charge on any atom is -0.298 e. The van der Waals surface area contributed by atoms with Crippen molar-refractivity contribution in [3.05, 3.63) is 29.6 Å². The van der Waals surface area contributed by atoms with E-state index in [1.807, 2.05) is 0 Å². The molecule has 11 heavy (non-hydrogen) atoms. The van der Waals surface area contributed by atoms with Crippen molar-refractivity contribution < 1.29 is 18.1 Å². The van der Waals surface area contributed by atoms with Crippen molar-refractivity contribution in [1.82, 2.24) is 0 Å². The second kappa shape index (κ2) is 2.74. The first kappa shape index (κ1) is 7.78. The third-order valence-corrected chi connectivity index (χ3v) is 1.27. The minimum atomic E-state index is -0.845. The number of hydrogen-bond donors (Lipinski definition) is 0. The quantitative estimate of drug-likeness (QED) is 0.433. The van der Waals surface area contributed by atoms with Gasteiger partial charge in [-0.3, -0.25) is 4.79 Å². The summed E-state index contributed by atoms with van der Waals surface area (Å²) in [5.41, 5.74) is -0.525.